The predicted octanol–water partition coefficient (Wildman–Crippen LogP) is 9.74. The zero-order valence-corrected chi connectivity index (χ0v) is 41.5. The van der Waals surface area contributed by atoms with Crippen molar-refractivity contribution < 1.29 is 46.1 Å². The summed E-state index contributed by atoms with van der Waals surface area (Å²) in [6.45, 7) is 18.5. The smallest absolute Gasteiger partial charge is 1.00 e. The minimum Gasteiger partial charge on any atom is -1.00 e. The van der Waals surface area contributed by atoms with Crippen LogP contribution < -0.4 is 24.8 Å². The van der Waals surface area contributed by atoms with Gasteiger partial charge in [-0.3, -0.25) is 0 Å². The maximum absolute atomic E-state index is 6.52. The molecule has 6 aromatic rings. The van der Waals surface area contributed by atoms with E-state index in [9.17, 15) is 0 Å². The molecule has 0 N–H and O–H groups in total. The van der Waals surface area contributed by atoms with Crippen LogP contribution in [0.3, 0.4) is 0 Å². The number of allylic oxidation sites excluding steroid dienone is 4. The maximum Gasteiger partial charge on any atom is -1.00 e. The molecule has 0 nitrogen and oxygen atoms in total. The van der Waals surface area contributed by atoms with Gasteiger partial charge in [0, 0.05) is 0 Å². The number of aryl methyl sites for hydroxylation is 2. The van der Waals surface area contributed by atoms with Crippen molar-refractivity contribution in [3.63, 3.8) is 0 Å². The Hall–Kier alpha value is -3.29. The van der Waals surface area contributed by atoms with Gasteiger partial charge >= 0.3 is 368 Å². The molecular formula is C55H54Cl4Zr. The van der Waals surface area contributed by atoms with Crippen LogP contribution in [0.15, 0.2) is 143 Å². The first-order valence-electron chi connectivity index (χ1n) is 20.7. The summed E-state index contributed by atoms with van der Waals surface area (Å²) in [6, 6.07) is 46.0. The van der Waals surface area contributed by atoms with E-state index >= 15 is 0 Å². The normalized spacial score (nSPS) is 13.1. The van der Waals surface area contributed by atoms with E-state index in [1.54, 1.807) is 6.49 Å². The summed E-state index contributed by atoms with van der Waals surface area (Å²) in [4.78, 5) is 0. The average Bonchev–Trinajstić information content (AvgIpc) is 3.82. The number of benzene rings is 6. The Bertz CT molecular complexity index is 2430. The van der Waals surface area contributed by atoms with Crippen molar-refractivity contribution in [2.24, 2.45) is 0 Å². The molecule has 0 saturated carbocycles. The molecule has 2 aliphatic rings. The van der Waals surface area contributed by atoms with E-state index in [4.69, 9.17) is 23.2 Å². The van der Waals surface area contributed by atoms with E-state index in [2.05, 4.69) is 171 Å². The van der Waals surface area contributed by atoms with E-state index in [1.807, 2.05) is 24.3 Å². The summed E-state index contributed by atoms with van der Waals surface area (Å²) in [5.41, 5.74) is 18.9. The minimum absolute atomic E-state index is 0. The first-order valence-corrected chi connectivity index (χ1v) is 25.4. The van der Waals surface area contributed by atoms with Gasteiger partial charge in [0.05, 0.1) is 0 Å². The van der Waals surface area contributed by atoms with Crippen molar-refractivity contribution in [2.75, 3.05) is 0 Å². The van der Waals surface area contributed by atoms with Gasteiger partial charge in [0.1, 0.15) is 0 Å². The molecule has 2 aliphatic carbocycles. The average molecular weight is 948 g/mol. The Balaban J connectivity index is 0.00000302. The fourth-order valence-electron chi connectivity index (χ4n) is 9.05. The largest absolute Gasteiger partial charge is 1.00 e. The Labute approximate surface area is 389 Å². The van der Waals surface area contributed by atoms with Crippen molar-refractivity contribution in [3.8, 4) is 33.4 Å². The summed E-state index contributed by atoms with van der Waals surface area (Å²) in [7, 11) is 0. The Morgan fingerprint density at radius 2 is 0.950 bits per heavy atom. The fraction of sp³-hybridized carbons (Fsp3) is 0.255. The quantitative estimate of drug-likeness (QED) is 0.143. The molecular weight excluding hydrogens is 894 g/mol. The van der Waals surface area contributed by atoms with Crippen LogP contribution in [0.2, 0.25) is 10.0 Å². The number of halogens is 4. The van der Waals surface area contributed by atoms with Crippen LogP contribution in [0, 0.1) is 13.8 Å². The third-order valence-electron chi connectivity index (χ3n) is 12.1. The molecule has 306 valence electrons. The van der Waals surface area contributed by atoms with Gasteiger partial charge in [0.25, 0.3) is 0 Å². The fourth-order valence-corrected chi connectivity index (χ4v) is 18.5. The summed E-state index contributed by atoms with van der Waals surface area (Å²) in [6.07, 6.45) is 10.3. The zero-order chi connectivity index (χ0) is 40.9. The van der Waals surface area contributed by atoms with Crippen LogP contribution in [-0.2, 0) is 44.9 Å². The SMILES string of the molecule is Cc1ccc(C[C](Cc2ccc(C)cc2)=[Zr+2]([C]2=CC=CC2)[CH]2c3cc(-c4ccc(Cl)cc4)c(C(C)(C)C)cc3-c3cc(C(C)(C)C)c(-c4ccc(Cl)cc4)cc32)cc1.[Cl-].[Cl-]. The molecule has 0 fully saturated rings. The van der Waals surface area contributed by atoms with Crippen LogP contribution in [0.25, 0.3) is 33.4 Å². The summed E-state index contributed by atoms with van der Waals surface area (Å²) >= 11 is 10.2. The van der Waals surface area contributed by atoms with Crippen LogP contribution in [-0.4, -0.2) is 3.21 Å². The van der Waals surface area contributed by atoms with Gasteiger partial charge in [-0.25, -0.2) is 0 Å². The predicted molar refractivity (Wildman–Crippen MR) is 249 cm³/mol. The zero-order valence-electron chi connectivity index (χ0n) is 36.0. The minimum atomic E-state index is -2.87. The Kier molecular flexibility index (Phi) is 14.3. The van der Waals surface area contributed by atoms with Crippen molar-refractivity contribution in [3.05, 3.63) is 197 Å². The van der Waals surface area contributed by atoms with Crippen molar-refractivity contribution >= 4 is 26.4 Å². The van der Waals surface area contributed by atoms with Crippen molar-refractivity contribution in [1.82, 2.24) is 0 Å². The molecule has 60 heavy (non-hydrogen) atoms. The van der Waals surface area contributed by atoms with E-state index in [-0.39, 0.29) is 35.6 Å². The molecule has 5 heteroatoms. The van der Waals surface area contributed by atoms with Gasteiger partial charge in [-0.05, 0) is 0 Å². The van der Waals surface area contributed by atoms with Gasteiger partial charge in [-0.1, -0.05) is 0 Å². The van der Waals surface area contributed by atoms with Crippen LogP contribution in [0.1, 0.15) is 96.1 Å². The van der Waals surface area contributed by atoms with Crippen molar-refractivity contribution in [2.45, 2.75) is 89.1 Å². The summed E-state index contributed by atoms with van der Waals surface area (Å²) in [5, 5.41) is 1.53. The van der Waals surface area contributed by atoms with E-state index in [0.29, 0.717) is 3.63 Å². The van der Waals surface area contributed by atoms with Gasteiger partial charge in [0.15, 0.2) is 0 Å². The molecule has 6 aromatic carbocycles. The second-order valence-electron chi connectivity index (χ2n) is 18.6. The van der Waals surface area contributed by atoms with Gasteiger partial charge in [0.2, 0.25) is 0 Å². The molecule has 0 spiro atoms. The Morgan fingerprint density at radius 3 is 1.30 bits per heavy atom. The molecule has 0 aromatic heterocycles. The topological polar surface area (TPSA) is 0 Å². The van der Waals surface area contributed by atoms with Crippen molar-refractivity contribution in [1.29, 1.82) is 0 Å². The number of fused-ring (bicyclic) bond motifs is 3. The molecule has 0 saturated heterocycles. The summed E-state index contributed by atoms with van der Waals surface area (Å²) in [5.74, 6) is 0. The third kappa shape index (κ3) is 9.68. The van der Waals surface area contributed by atoms with Gasteiger partial charge in [-0.15, -0.1) is 0 Å². The molecule has 0 amide bonds. The van der Waals surface area contributed by atoms with E-state index < -0.39 is 21.3 Å². The van der Waals surface area contributed by atoms with E-state index in [0.717, 1.165) is 29.3 Å². The van der Waals surface area contributed by atoms with E-state index in [1.165, 1.54) is 77.9 Å². The first-order chi connectivity index (χ1) is 27.6. The number of hydrogen-bond acceptors (Lipinski definition) is 0. The monoisotopic (exact) mass is 944 g/mol. The van der Waals surface area contributed by atoms with Crippen LogP contribution in [0.4, 0.5) is 0 Å². The second kappa shape index (κ2) is 18.6. The molecule has 0 bridgehead atoms. The standard InChI is InChI=1S/C33H31Cl2.C17H18.C5H5.2ClH.Zr/c1-32(2,3)30-18-26-22(16-28(30)20-7-11-24(34)12-8-20)15-23-17-29(21-9-13-25(35)14-10-21)31(19-27(23)26)33(4,5)6;1-14-6-10-16(11-7-14)4-3-5-17-12-8-15(2)9-13-17;1-2-4-5-3-1;;;/h7-19H,1-6H3;6-13H,4-5H2,1-2H3;1-3H,4H2;2*1H;/q;;;;;+2/p-2. The number of rotatable bonds is 8. The van der Waals surface area contributed by atoms with Gasteiger partial charge in [-0.2, -0.15) is 0 Å². The summed E-state index contributed by atoms with van der Waals surface area (Å²) < 4.78 is 3.72. The molecule has 0 radical (unpaired) electrons. The maximum atomic E-state index is 6.52. The molecule has 0 unspecified atom stereocenters. The third-order valence-corrected chi connectivity index (χ3v) is 20.9. The number of hydrogen-bond donors (Lipinski definition) is 0. The molecule has 0 heterocycles. The van der Waals surface area contributed by atoms with Crippen LogP contribution >= 0.6 is 23.2 Å². The second-order valence-corrected chi connectivity index (χ2v) is 26.2. The molecule has 0 aliphatic heterocycles. The molecule has 8 rings (SSSR count). The van der Waals surface area contributed by atoms with Gasteiger partial charge < -0.3 is 24.8 Å². The molecule has 0 atom stereocenters. The van der Waals surface area contributed by atoms with Crippen LogP contribution in [0.5, 0.6) is 0 Å². The first kappa shape index (κ1) is 46.2. The Morgan fingerprint density at radius 1 is 0.550 bits per heavy atom.